The Bertz CT molecular complexity index is 345. The molecule has 0 heterocycles. The molecule has 0 bridgehead atoms. The van der Waals surface area contributed by atoms with E-state index < -0.39 is 0 Å². The van der Waals surface area contributed by atoms with Crippen LogP contribution in [0.2, 0.25) is 0 Å². The van der Waals surface area contributed by atoms with Crippen molar-refractivity contribution in [2.24, 2.45) is 0 Å². The highest BCUT2D eigenvalue weighted by atomic mass is 16.5. The zero-order valence-corrected chi connectivity index (χ0v) is 10.4. The van der Waals surface area contributed by atoms with Gasteiger partial charge < -0.3 is 10.1 Å². The van der Waals surface area contributed by atoms with Gasteiger partial charge in [-0.05, 0) is 57.4 Å². The fraction of sp³-hybridized carbons (Fsp3) is 0.538. The fourth-order valence-electron chi connectivity index (χ4n) is 1.80. The Morgan fingerprint density at radius 1 is 1.13 bits per heavy atom. The average Bonchev–Trinajstić information content (AvgIpc) is 2.21. The molecule has 0 aliphatic rings. The third kappa shape index (κ3) is 2.44. The summed E-state index contributed by atoms with van der Waals surface area (Å²) in [6.45, 7) is 12.2. The van der Waals surface area contributed by atoms with Crippen molar-refractivity contribution in [2.75, 3.05) is 18.5 Å². The van der Waals surface area contributed by atoms with Crippen molar-refractivity contribution < 1.29 is 4.74 Å². The normalized spacial score (nSPS) is 10.2. The van der Waals surface area contributed by atoms with Crippen LogP contribution in [-0.4, -0.2) is 13.2 Å². The van der Waals surface area contributed by atoms with E-state index in [4.69, 9.17) is 4.74 Å². The number of hydrogen-bond acceptors (Lipinski definition) is 2. The molecule has 0 aliphatic heterocycles. The van der Waals surface area contributed by atoms with Crippen LogP contribution in [0.5, 0.6) is 5.75 Å². The summed E-state index contributed by atoms with van der Waals surface area (Å²) in [5, 5.41) is 3.40. The van der Waals surface area contributed by atoms with Gasteiger partial charge in [-0.15, -0.1) is 0 Å². The third-order valence-electron chi connectivity index (χ3n) is 2.70. The maximum Gasteiger partial charge on any atom is 0.122 e. The first-order chi connectivity index (χ1) is 7.11. The highest BCUT2D eigenvalue weighted by Crippen LogP contribution is 2.31. The zero-order chi connectivity index (χ0) is 11.4. The molecule has 0 saturated carbocycles. The molecule has 0 aliphatic carbocycles. The van der Waals surface area contributed by atoms with E-state index in [0.29, 0.717) is 0 Å². The molecule has 0 spiro atoms. The van der Waals surface area contributed by atoms with E-state index in [1.165, 1.54) is 22.4 Å². The minimum Gasteiger partial charge on any atom is -0.494 e. The van der Waals surface area contributed by atoms with Gasteiger partial charge in [0, 0.05) is 12.2 Å². The molecule has 1 aromatic rings. The summed E-state index contributed by atoms with van der Waals surface area (Å²) >= 11 is 0. The standard InChI is InChI=1S/C13H21NO/c1-6-14-13-9(3)8-12(15-7-2)10(4)11(13)5/h8,14H,6-7H2,1-5H3. The summed E-state index contributed by atoms with van der Waals surface area (Å²) in [6.07, 6.45) is 0. The quantitative estimate of drug-likeness (QED) is 0.816. The van der Waals surface area contributed by atoms with Gasteiger partial charge in [-0.3, -0.25) is 0 Å². The van der Waals surface area contributed by atoms with Crippen LogP contribution in [0.25, 0.3) is 0 Å². The Morgan fingerprint density at radius 3 is 2.33 bits per heavy atom. The number of hydrogen-bond donors (Lipinski definition) is 1. The summed E-state index contributed by atoms with van der Waals surface area (Å²) in [5.41, 5.74) is 5.03. The average molecular weight is 207 g/mol. The van der Waals surface area contributed by atoms with Crippen molar-refractivity contribution in [2.45, 2.75) is 34.6 Å². The van der Waals surface area contributed by atoms with E-state index in [1.54, 1.807) is 0 Å². The Hall–Kier alpha value is -1.18. The first-order valence-electron chi connectivity index (χ1n) is 5.59. The summed E-state index contributed by atoms with van der Waals surface area (Å²) in [4.78, 5) is 0. The van der Waals surface area contributed by atoms with Gasteiger partial charge >= 0.3 is 0 Å². The van der Waals surface area contributed by atoms with Gasteiger partial charge in [0.05, 0.1) is 6.61 Å². The van der Waals surface area contributed by atoms with Crippen LogP contribution in [0, 0.1) is 20.8 Å². The predicted octanol–water partition coefficient (Wildman–Crippen LogP) is 3.44. The Morgan fingerprint density at radius 2 is 1.80 bits per heavy atom. The molecule has 0 atom stereocenters. The van der Waals surface area contributed by atoms with Gasteiger partial charge in [0.1, 0.15) is 5.75 Å². The number of rotatable bonds is 4. The molecule has 0 aromatic heterocycles. The highest BCUT2D eigenvalue weighted by molar-refractivity contribution is 5.63. The van der Waals surface area contributed by atoms with Crippen molar-refractivity contribution in [3.63, 3.8) is 0 Å². The number of ether oxygens (including phenoxy) is 1. The lowest BCUT2D eigenvalue weighted by molar-refractivity contribution is 0.337. The van der Waals surface area contributed by atoms with Crippen molar-refractivity contribution in [1.29, 1.82) is 0 Å². The first kappa shape index (κ1) is 11.9. The molecule has 1 rings (SSSR count). The van der Waals surface area contributed by atoms with Crippen molar-refractivity contribution in [1.82, 2.24) is 0 Å². The summed E-state index contributed by atoms with van der Waals surface area (Å²) in [6, 6.07) is 2.11. The smallest absolute Gasteiger partial charge is 0.122 e. The first-order valence-corrected chi connectivity index (χ1v) is 5.59. The molecule has 0 radical (unpaired) electrons. The number of aryl methyl sites for hydroxylation is 1. The monoisotopic (exact) mass is 207 g/mol. The molecule has 0 unspecified atom stereocenters. The minimum absolute atomic E-state index is 0.722. The molecule has 1 aromatic carbocycles. The Balaban J connectivity index is 3.18. The van der Waals surface area contributed by atoms with Gasteiger partial charge in [-0.1, -0.05) is 0 Å². The molecular weight excluding hydrogens is 186 g/mol. The molecule has 2 nitrogen and oxygen atoms in total. The number of nitrogens with one attached hydrogen (secondary N) is 1. The number of benzene rings is 1. The summed E-state index contributed by atoms with van der Waals surface area (Å²) < 4.78 is 5.60. The molecular formula is C13H21NO. The molecule has 0 saturated heterocycles. The second-order valence-electron chi connectivity index (χ2n) is 3.78. The third-order valence-corrected chi connectivity index (χ3v) is 2.70. The van der Waals surface area contributed by atoms with Crippen molar-refractivity contribution in [3.8, 4) is 5.75 Å². The van der Waals surface area contributed by atoms with Crippen LogP contribution in [-0.2, 0) is 0 Å². The van der Waals surface area contributed by atoms with Gasteiger partial charge in [-0.2, -0.15) is 0 Å². The van der Waals surface area contributed by atoms with E-state index in [1.807, 2.05) is 6.92 Å². The SMILES string of the molecule is CCNc1c(C)cc(OCC)c(C)c1C. The van der Waals surface area contributed by atoms with Crippen LogP contribution in [0.1, 0.15) is 30.5 Å². The van der Waals surface area contributed by atoms with Crippen LogP contribution >= 0.6 is 0 Å². The highest BCUT2D eigenvalue weighted by Gasteiger charge is 2.09. The molecule has 0 fully saturated rings. The predicted molar refractivity (Wildman–Crippen MR) is 66.0 cm³/mol. The van der Waals surface area contributed by atoms with Crippen LogP contribution in [0.15, 0.2) is 6.07 Å². The van der Waals surface area contributed by atoms with Crippen molar-refractivity contribution in [3.05, 3.63) is 22.8 Å². The topological polar surface area (TPSA) is 21.3 Å². The van der Waals surface area contributed by atoms with Gasteiger partial charge in [0.25, 0.3) is 0 Å². The van der Waals surface area contributed by atoms with E-state index >= 15 is 0 Å². The largest absolute Gasteiger partial charge is 0.494 e. The van der Waals surface area contributed by atoms with Gasteiger partial charge in [-0.25, -0.2) is 0 Å². The van der Waals surface area contributed by atoms with Crippen LogP contribution < -0.4 is 10.1 Å². The molecule has 2 heteroatoms. The van der Waals surface area contributed by atoms with Gasteiger partial charge in [0.2, 0.25) is 0 Å². The molecule has 1 N–H and O–H groups in total. The van der Waals surface area contributed by atoms with E-state index in [0.717, 1.165) is 18.9 Å². The summed E-state index contributed by atoms with van der Waals surface area (Å²) in [5.74, 6) is 1.01. The van der Waals surface area contributed by atoms with E-state index in [2.05, 4.69) is 39.1 Å². The van der Waals surface area contributed by atoms with E-state index in [9.17, 15) is 0 Å². The summed E-state index contributed by atoms with van der Waals surface area (Å²) in [7, 11) is 0. The molecule has 0 amide bonds. The van der Waals surface area contributed by atoms with Crippen LogP contribution in [0.3, 0.4) is 0 Å². The van der Waals surface area contributed by atoms with Gasteiger partial charge in [0.15, 0.2) is 0 Å². The molecule has 15 heavy (non-hydrogen) atoms. The Kier molecular flexibility index (Phi) is 4.01. The minimum atomic E-state index is 0.722. The number of anilines is 1. The molecule has 84 valence electrons. The Labute approximate surface area is 92.6 Å². The second kappa shape index (κ2) is 5.06. The fourth-order valence-corrected chi connectivity index (χ4v) is 1.80. The van der Waals surface area contributed by atoms with E-state index in [-0.39, 0.29) is 0 Å². The second-order valence-corrected chi connectivity index (χ2v) is 3.78. The lowest BCUT2D eigenvalue weighted by atomic mass is 10.0. The lowest BCUT2D eigenvalue weighted by Gasteiger charge is -2.17. The van der Waals surface area contributed by atoms with Crippen LogP contribution in [0.4, 0.5) is 5.69 Å². The van der Waals surface area contributed by atoms with Crippen molar-refractivity contribution >= 4 is 5.69 Å². The maximum absolute atomic E-state index is 5.60. The lowest BCUT2D eigenvalue weighted by Crippen LogP contribution is -2.04. The maximum atomic E-state index is 5.60. The zero-order valence-electron chi connectivity index (χ0n) is 10.4.